The number of ether oxygens (including phenoxy) is 3. The second-order valence-electron chi connectivity index (χ2n) is 6.53. The number of hydrogen-bond donors (Lipinski definition) is 1. The molecule has 0 aromatic heterocycles. The number of hydrogen-bond acceptors (Lipinski definition) is 6. The normalized spacial score (nSPS) is 9.42. The van der Waals surface area contributed by atoms with E-state index in [0.717, 1.165) is 11.8 Å². The highest BCUT2D eigenvalue weighted by Crippen LogP contribution is 2.26. The van der Waals surface area contributed by atoms with Gasteiger partial charge in [-0.3, -0.25) is 9.59 Å². The van der Waals surface area contributed by atoms with Gasteiger partial charge in [-0.2, -0.15) is 0 Å². The van der Waals surface area contributed by atoms with Gasteiger partial charge in [0.25, 0.3) is 0 Å². The van der Waals surface area contributed by atoms with Gasteiger partial charge in [-0.1, -0.05) is 69.8 Å². The molecule has 0 aliphatic carbocycles. The lowest BCUT2D eigenvalue weighted by molar-refractivity contribution is -0.144. The van der Waals surface area contributed by atoms with Crippen molar-refractivity contribution in [1.82, 2.24) is 0 Å². The van der Waals surface area contributed by atoms with Gasteiger partial charge < -0.3 is 19.3 Å². The summed E-state index contributed by atoms with van der Waals surface area (Å²) in [5, 5.41) is 11.4. The Balaban J connectivity index is 0. The smallest absolute Gasteiger partial charge is 0.305 e. The third-order valence-electron chi connectivity index (χ3n) is 3.71. The van der Waals surface area contributed by atoms with Gasteiger partial charge in [-0.15, -0.1) is 0 Å². The topological polar surface area (TPSA) is 82.1 Å². The minimum atomic E-state index is -0.203. The van der Waals surface area contributed by atoms with Crippen LogP contribution in [0.1, 0.15) is 47.0 Å². The quantitative estimate of drug-likeness (QED) is 0.157. The van der Waals surface area contributed by atoms with Crippen molar-refractivity contribution in [2.75, 3.05) is 25.2 Å². The Hall–Kier alpha value is -1.38. The summed E-state index contributed by atoms with van der Waals surface area (Å²) in [6, 6.07) is 9.47. The van der Waals surface area contributed by atoms with Gasteiger partial charge in [-0.05, 0) is 57.0 Å². The SMILES string of the molecule is C.CCOC(=O)CCCBr.CCOC(=O)CCCOc1ccc(Cl)c(Cl)c1.Oc1ccc(Cl)c(Cl)c1. The van der Waals surface area contributed by atoms with Crippen molar-refractivity contribution in [2.24, 2.45) is 0 Å². The lowest BCUT2D eigenvalue weighted by atomic mass is 10.3. The third-order valence-corrected chi connectivity index (χ3v) is 5.75. The molecule has 0 bridgehead atoms. The Morgan fingerprint density at radius 1 is 0.806 bits per heavy atom. The highest BCUT2D eigenvalue weighted by atomic mass is 79.9. The van der Waals surface area contributed by atoms with Crippen LogP contribution >= 0.6 is 62.3 Å². The minimum Gasteiger partial charge on any atom is -0.508 e. The first-order chi connectivity index (χ1) is 16.6. The van der Waals surface area contributed by atoms with E-state index in [1.54, 1.807) is 31.2 Å². The van der Waals surface area contributed by atoms with E-state index >= 15 is 0 Å². The summed E-state index contributed by atoms with van der Waals surface area (Å²) in [5.41, 5.74) is 0. The van der Waals surface area contributed by atoms with Crippen LogP contribution in [0.15, 0.2) is 36.4 Å². The fourth-order valence-electron chi connectivity index (χ4n) is 2.14. The number of aromatic hydroxyl groups is 1. The summed E-state index contributed by atoms with van der Waals surface area (Å²) in [6.45, 7) is 4.93. The molecule has 0 fully saturated rings. The van der Waals surface area contributed by atoms with Gasteiger partial charge in [0.1, 0.15) is 11.5 Å². The molecule has 0 saturated heterocycles. The maximum Gasteiger partial charge on any atom is 0.305 e. The van der Waals surface area contributed by atoms with Crippen molar-refractivity contribution in [3.8, 4) is 11.5 Å². The summed E-state index contributed by atoms with van der Waals surface area (Å²) in [4.78, 5) is 21.6. The standard InChI is InChI=1S/C12H14Cl2O3.C6H11BrO2.C6H4Cl2O.CH4/c1-2-16-12(15)4-3-7-17-9-5-6-10(13)11(14)8-9;1-2-9-6(8)4-3-5-7;7-5-2-1-4(9)3-6(5)8;/h5-6,8H,2-4,7H2,1H3;2-5H2,1H3;1-3,9H;1H4. The van der Waals surface area contributed by atoms with Crippen LogP contribution in [-0.4, -0.2) is 42.2 Å². The number of phenolic OH excluding ortho intramolecular Hbond substituents is 1. The number of benzene rings is 2. The molecular formula is C25H33BrCl4O6. The van der Waals surface area contributed by atoms with Crippen LogP contribution in [0.4, 0.5) is 0 Å². The molecule has 204 valence electrons. The second kappa shape index (κ2) is 22.8. The number of carbonyl (C=O) groups excluding carboxylic acids is 2. The molecule has 0 aliphatic heterocycles. The number of halogens is 5. The van der Waals surface area contributed by atoms with Crippen molar-refractivity contribution >= 4 is 74.3 Å². The number of alkyl halides is 1. The number of rotatable bonds is 10. The number of phenols is 1. The Kier molecular flexibility index (Phi) is 23.3. The van der Waals surface area contributed by atoms with Gasteiger partial charge >= 0.3 is 11.9 Å². The Morgan fingerprint density at radius 2 is 1.31 bits per heavy atom. The van der Waals surface area contributed by atoms with Crippen molar-refractivity contribution in [2.45, 2.75) is 47.0 Å². The van der Waals surface area contributed by atoms with Crippen LogP contribution in [0.3, 0.4) is 0 Å². The van der Waals surface area contributed by atoms with E-state index in [0.29, 0.717) is 64.9 Å². The van der Waals surface area contributed by atoms with E-state index < -0.39 is 0 Å². The van der Waals surface area contributed by atoms with E-state index in [1.165, 1.54) is 12.1 Å². The molecule has 2 aromatic rings. The molecular weight excluding hydrogens is 618 g/mol. The summed E-state index contributed by atoms with van der Waals surface area (Å²) in [7, 11) is 0. The van der Waals surface area contributed by atoms with Crippen LogP contribution in [-0.2, 0) is 19.1 Å². The zero-order valence-electron chi connectivity index (χ0n) is 19.5. The molecule has 11 heteroatoms. The summed E-state index contributed by atoms with van der Waals surface area (Å²) >= 11 is 25.9. The van der Waals surface area contributed by atoms with Crippen LogP contribution < -0.4 is 4.74 Å². The molecule has 0 aliphatic rings. The van der Waals surface area contributed by atoms with E-state index in [9.17, 15) is 9.59 Å². The first-order valence-corrected chi connectivity index (χ1v) is 13.4. The monoisotopic (exact) mass is 648 g/mol. The Morgan fingerprint density at radius 3 is 1.75 bits per heavy atom. The average molecular weight is 651 g/mol. The average Bonchev–Trinajstić information content (AvgIpc) is 2.81. The summed E-state index contributed by atoms with van der Waals surface area (Å²) < 4.78 is 14.9. The van der Waals surface area contributed by atoms with E-state index in [2.05, 4.69) is 20.7 Å². The molecule has 0 heterocycles. The molecule has 0 amide bonds. The van der Waals surface area contributed by atoms with Crippen molar-refractivity contribution in [1.29, 1.82) is 0 Å². The van der Waals surface area contributed by atoms with Gasteiger partial charge in [0.2, 0.25) is 0 Å². The molecule has 0 radical (unpaired) electrons. The minimum absolute atomic E-state index is 0. The van der Waals surface area contributed by atoms with Gasteiger partial charge in [0, 0.05) is 24.2 Å². The summed E-state index contributed by atoms with van der Waals surface area (Å²) in [6.07, 6.45) is 2.35. The highest BCUT2D eigenvalue weighted by Gasteiger charge is 2.03. The molecule has 2 rings (SSSR count). The Labute approximate surface area is 242 Å². The van der Waals surface area contributed by atoms with Gasteiger partial charge in [0.15, 0.2) is 0 Å². The predicted octanol–water partition coefficient (Wildman–Crippen LogP) is 8.78. The fourth-order valence-corrected chi connectivity index (χ4v) is 3.00. The zero-order chi connectivity index (χ0) is 26.6. The van der Waals surface area contributed by atoms with Crippen molar-refractivity contribution in [3.05, 3.63) is 56.5 Å². The maximum absolute atomic E-state index is 11.0. The van der Waals surface area contributed by atoms with Crippen LogP contribution in [0, 0.1) is 0 Å². The number of esters is 2. The highest BCUT2D eigenvalue weighted by molar-refractivity contribution is 9.09. The lowest BCUT2D eigenvalue weighted by Crippen LogP contribution is -2.06. The summed E-state index contributed by atoms with van der Waals surface area (Å²) in [5.74, 6) is 0.467. The van der Waals surface area contributed by atoms with E-state index in [1.807, 2.05) is 6.92 Å². The first-order valence-electron chi connectivity index (χ1n) is 10.7. The Bertz CT molecular complexity index is 899. The van der Waals surface area contributed by atoms with Crippen LogP contribution in [0.25, 0.3) is 0 Å². The molecule has 0 spiro atoms. The molecule has 1 N–H and O–H groups in total. The maximum atomic E-state index is 11.0. The molecule has 0 saturated carbocycles. The molecule has 0 unspecified atom stereocenters. The molecule has 2 aromatic carbocycles. The van der Waals surface area contributed by atoms with E-state index in [-0.39, 0.29) is 25.1 Å². The molecule has 6 nitrogen and oxygen atoms in total. The molecule has 0 atom stereocenters. The third kappa shape index (κ3) is 18.8. The van der Waals surface area contributed by atoms with Gasteiger partial charge in [0.05, 0.1) is 39.9 Å². The van der Waals surface area contributed by atoms with Crippen molar-refractivity contribution < 1.29 is 28.9 Å². The van der Waals surface area contributed by atoms with Gasteiger partial charge in [-0.25, -0.2) is 0 Å². The number of carbonyl (C=O) groups is 2. The lowest BCUT2D eigenvalue weighted by Gasteiger charge is -2.06. The van der Waals surface area contributed by atoms with Crippen LogP contribution in [0.2, 0.25) is 20.1 Å². The largest absolute Gasteiger partial charge is 0.508 e. The van der Waals surface area contributed by atoms with Crippen LogP contribution in [0.5, 0.6) is 11.5 Å². The zero-order valence-corrected chi connectivity index (χ0v) is 24.1. The second-order valence-corrected chi connectivity index (χ2v) is 8.95. The van der Waals surface area contributed by atoms with E-state index in [4.69, 9.17) is 61.0 Å². The predicted molar refractivity (Wildman–Crippen MR) is 152 cm³/mol. The fraction of sp³-hybridized carbons (Fsp3) is 0.440. The molecule has 36 heavy (non-hydrogen) atoms. The van der Waals surface area contributed by atoms with Crippen molar-refractivity contribution in [3.63, 3.8) is 0 Å². The first kappa shape index (κ1) is 36.8.